The van der Waals surface area contributed by atoms with E-state index in [2.05, 4.69) is 10.3 Å². The van der Waals surface area contributed by atoms with Gasteiger partial charge in [0, 0.05) is 24.0 Å². The van der Waals surface area contributed by atoms with E-state index in [-0.39, 0.29) is 11.3 Å². The van der Waals surface area contributed by atoms with E-state index in [1.807, 2.05) is 0 Å². The summed E-state index contributed by atoms with van der Waals surface area (Å²) in [4.78, 5) is 14.2. The normalized spacial score (nSPS) is 25.1. The van der Waals surface area contributed by atoms with Crippen LogP contribution in [-0.2, 0) is 0 Å². The highest BCUT2D eigenvalue weighted by molar-refractivity contribution is 5.87. The summed E-state index contributed by atoms with van der Waals surface area (Å²) in [5.41, 5.74) is 0.864. The molecular weight excluding hydrogens is 340 g/mol. The van der Waals surface area contributed by atoms with E-state index < -0.39 is 6.10 Å². The third-order valence-electron chi connectivity index (χ3n) is 6.66. The first kappa shape index (κ1) is 18.5. The smallest absolute Gasteiger partial charge is 0.248 e. The molecule has 146 valence electrons. The van der Waals surface area contributed by atoms with Gasteiger partial charge in [0.25, 0.3) is 0 Å². The SMILES string of the molecule is O=c1ccc2c([C@@H](O)CN[C@H]3CCC[C@H]3C3CCCCC3)ccc(O)c2[nH]1. The van der Waals surface area contributed by atoms with Gasteiger partial charge in [0.15, 0.2) is 0 Å². The molecule has 0 radical (unpaired) electrons. The monoisotopic (exact) mass is 370 g/mol. The first-order chi connectivity index (χ1) is 13.1. The molecule has 2 aliphatic rings. The van der Waals surface area contributed by atoms with Crippen molar-refractivity contribution >= 4 is 10.9 Å². The van der Waals surface area contributed by atoms with Crippen LogP contribution in [0.15, 0.2) is 29.1 Å². The van der Waals surface area contributed by atoms with Crippen molar-refractivity contribution in [2.24, 2.45) is 11.8 Å². The Morgan fingerprint density at radius 2 is 1.85 bits per heavy atom. The van der Waals surface area contributed by atoms with E-state index >= 15 is 0 Å². The molecule has 0 spiro atoms. The second-order valence-corrected chi connectivity index (χ2v) is 8.31. The number of aromatic nitrogens is 1. The third-order valence-corrected chi connectivity index (χ3v) is 6.66. The molecule has 0 saturated heterocycles. The number of phenols is 1. The van der Waals surface area contributed by atoms with Gasteiger partial charge in [0.2, 0.25) is 5.56 Å². The number of pyridine rings is 1. The molecular formula is C22H30N2O3. The Morgan fingerprint density at radius 1 is 1.04 bits per heavy atom. The van der Waals surface area contributed by atoms with Crippen LogP contribution in [0.3, 0.4) is 0 Å². The van der Waals surface area contributed by atoms with Gasteiger partial charge in [0.1, 0.15) is 5.75 Å². The highest BCUT2D eigenvalue weighted by atomic mass is 16.3. The van der Waals surface area contributed by atoms with Crippen molar-refractivity contribution in [3.8, 4) is 5.75 Å². The Bertz CT molecular complexity index is 841. The summed E-state index contributed by atoms with van der Waals surface area (Å²) < 4.78 is 0. The molecule has 0 bridgehead atoms. The molecule has 0 aliphatic heterocycles. The summed E-state index contributed by atoms with van der Waals surface area (Å²) in [6.07, 6.45) is 9.95. The minimum absolute atomic E-state index is 0.0276. The predicted octanol–water partition coefficient (Wildman–Crippen LogP) is 3.61. The predicted molar refractivity (Wildman–Crippen MR) is 107 cm³/mol. The quantitative estimate of drug-likeness (QED) is 0.648. The maximum absolute atomic E-state index is 11.6. The van der Waals surface area contributed by atoms with E-state index in [1.165, 1.54) is 63.5 Å². The number of nitrogens with one attached hydrogen (secondary N) is 2. The zero-order chi connectivity index (χ0) is 18.8. The number of aliphatic hydroxyl groups excluding tert-OH is 1. The van der Waals surface area contributed by atoms with Crippen LogP contribution in [0, 0.1) is 11.8 Å². The van der Waals surface area contributed by atoms with Gasteiger partial charge in [-0.2, -0.15) is 0 Å². The lowest BCUT2D eigenvalue weighted by Gasteiger charge is -2.32. The van der Waals surface area contributed by atoms with Crippen molar-refractivity contribution in [2.75, 3.05) is 6.54 Å². The zero-order valence-corrected chi connectivity index (χ0v) is 15.8. The standard InChI is InChI=1S/C22H30N2O3/c25-19-11-9-16(17-10-12-21(27)24-22(17)19)20(26)13-23-18-8-4-7-15(18)14-5-2-1-3-6-14/h9-12,14-15,18,20,23,25-26H,1-8,13H2,(H,24,27)/t15-,18-,20-/m0/s1. The molecule has 1 aromatic heterocycles. The molecule has 2 saturated carbocycles. The summed E-state index contributed by atoms with van der Waals surface area (Å²) in [6.45, 7) is 0.493. The van der Waals surface area contributed by atoms with Crippen LogP contribution in [0.2, 0.25) is 0 Å². The average Bonchev–Trinajstić information content (AvgIpc) is 3.16. The van der Waals surface area contributed by atoms with Crippen LogP contribution in [0.25, 0.3) is 10.9 Å². The maximum Gasteiger partial charge on any atom is 0.248 e. The lowest BCUT2D eigenvalue weighted by Crippen LogP contribution is -2.38. The molecule has 0 unspecified atom stereocenters. The highest BCUT2D eigenvalue weighted by Crippen LogP contribution is 2.39. The fourth-order valence-corrected chi connectivity index (χ4v) is 5.29. The van der Waals surface area contributed by atoms with Crippen LogP contribution in [0.1, 0.15) is 63.0 Å². The van der Waals surface area contributed by atoms with Gasteiger partial charge in [-0.25, -0.2) is 0 Å². The van der Waals surface area contributed by atoms with Gasteiger partial charge in [-0.3, -0.25) is 4.79 Å². The fraction of sp³-hybridized carbons (Fsp3) is 0.591. The molecule has 0 amide bonds. The molecule has 1 aromatic carbocycles. The first-order valence-corrected chi connectivity index (χ1v) is 10.4. The van der Waals surface area contributed by atoms with E-state index in [4.69, 9.17) is 0 Å². The molecule has 5 heteroatoms. The number of fused-ring (bicyclic) bond motifs is 1. The fourth-order valence-electron chi connectivity index (χ4n) is 5.29. The topological polar surface area (TPSA) is 85.3 Å². The van der Waals surface area contributed by atoms with Crippen LogP contribution in [0.5, 0.6) is 5.75 Å². The molecule has 27 heavy (non-hydrogen) atoms. The Balaban J connectivity index is 1.46. The lowest BCUT2D eigenvalue weighted by molar-refractivity contribution is 0.155. The van der Waals surface area contributed by atoms with Gasteiger partial charge in [-0.05, 0) is 42.4 Å². The number of hydrogen-bond donors (Lipinski definition) is 4. The molecule has 4 rings (SSSR count). The number of rotatable bonds is 5. The van der Waals surface area contributed by atoms with E-state index in [9.17, 15) is 15.0 Å². The molecule has 1 heterocycles. The molecule has 3 atom stereocenters. The Hall–Kier alpha value is -1.85. The van der Waals surface area contributed by atoms with E-state index in [0.717, 1.165) is 17.4 Å². The number of aromatic amines is 1. The molecule has 2 aromatic rings. The lowest BCUT2D eigenvalue weighted by atomic mass is 9.77. The van der Waals surface area contributed by atoms with Gasteiger partial charge < -0.3 is 20.5 Å². The number of aliphatic hydroxyl groups is 1. The number of H-pyrrole nitrogens is 1. The minimum Gasteiger partial charge on any atom is -0.506 e. The van der Waals surface area contributed by atoms with Crippen molar-refractivity contribution in [2.45, 2.75) is 63.5 Å². The first-order valence-electron chi connectivity index (χ1n) is 10.4. The Morgan fingerprint density at radius 3 is 2.67 bits per heavy atom. The molecule has 2 fully saturated rings. The third kappa shape index (κ3) is 3.90. The van der Waals surface area contributed by atoms with Crippen molar-refractivity contribution in [3.63, 3.8) is 0 Å². The second-order valence-electron chi connectivity index (χ2n) is 8.31. The molecule has 5 nitrogen and oxygen atoms in total. The summed E-state index contributed by atoms with van der Waals surface area (Å²) in [5.74, 6) is 1.61. The van der Waals surface area contributed by atoms with Crippen LogP contribution in [0.4, 0.5) is 0 Å². The number of aromatic hydroxyl groups is 1. The number of benzene rings is 1. The van der Waals surface area contributed by atoms with Gasteiger partial charge >= 0.3 is 0 Å². The van der Waals surface area contributed by atoms with Gasteiger partial charge in [-0.1, -0.05) is 44.6 Å². The number of hydrogen-bond acceptors (Lipinski definition) is 4. The highest BCUT2D eigenvalue weighted by Gasteiger charge is 2.34. The average molecular weight is 370 g/mol. The van der Waals surface area contributed by atoms with Crippen LogP contribution < -0.4 is 10.9 Å². The Kier molecular flexibility index (Phi) is 5.50. The zero-order valence-electron chi connectivity index (χ0n) is 15.8. The van der Waals surface area contributed by atoms with E-state index in [0.29, 0.717) is 23.5 Å². The number of phenolic OH excluding ortho intramolecular Hbond substituents is 1. The van der Waals surface area contributed by atoms with Crippen LogP contribution in [-0.4, -0.2) is 27.8 Å². The van der Waals surface area contributed by atoms with E-state index in [1.54, 1.807) is 12.1 Å². The van der Waals surface area contributed by atoms with Crippen molar-refractivity contribution in [1.82, 2.24) is 10.3 Å². The second kappa shape index (κ2) is 8.03. The van der Waals surface area contributed by atoms with Crippen molar-refractivity contribution in [3.05, 3.63) is 40.2 Å². The van der Waals surface area contributed by atoms with Gasteiger partial charge in [-0.15, -0.1) is 0 Å². The summed E-state index contributed by atoms with van der Waals surface area (Å²) in [7, 11) is 0. The van der Waals surface area contributed by atoms with Gasteiger partial charge in [0.05, 0.1) is 11.6 Å². The summed E-state index contributed by atoms with van der Waals surface area (Å²) >= 11 is 0. The largest absolute Gasteiger partial charge is 0.506 e. The minimum atomic E-state index is -0.674. The van der Waals surface area contributed by atoms with Crippen molar-refractivity contribution < 1.29 is 10.2 Å². The summed E-state index contributed by atoms with van der Waals surface area (Å²) in [6, 6.07) is 6.88. The summed E-state index contributed by atoms with van der Waals surface area (Å²) in [5, 5.41) is 25.1. The van der Waals surface area contributed by atoms with Crippen molar-refractivity contribution in [1.29, 1.82) is 0 Å². The molecule has 2 aliphatic carbocycles. The maximum atomic E-state index is 11.6. The molecule has 4 N–H and O–H groups in total. The van der Waals surface area contributed by atoms with Crippen LogP contribution >= 0.6 is 0 Å². The Labute approximate surface area is 159 Å².